The summed E-state index contributed by atoms with van der Waals surface area (Å²) in [6, 6.07) is 48.6. The Bertz CT molecular complexity index is 1610. The maximum absolute atomic E-state index is 3.78. The first kappa shape index (κ1) is 27.0. The number of rotatable bonds is 10. The minimum atomic E-state index is -0.257. The lowest BCUT2D eigenvalue weighted by atomic mass is 9.73. The summed E-state index contributed by atoms with van der Waals surface area (Å²) in [6.45, 7) is 7.94. The van der Waals surface area contributed by atoms with Gasteiger partial charge < -0.3 is 10.6 Å². The van der Waals surface area contributed by atoms with E-state index in [0.29, 0.717) is 0 Å². The van der Waals surface area contributed by atoms with E-state index in [-0.39, 0.29) is 5.41 Å². The molecule has 0 saturated heterocycles. The molecule has 0 fully saturated rings. The molecular formula is C39H38N2. The molecule has 5 aromatic carbocycles. The van der Waals surface area contributed by atoms with Gasteiger partial charge in [0.15, 0.2) is 0 Å². The van der Waals surface area contributed by atoms with Crippen molar-refractivity contribution >= 4 is 11.1 Å². The van der Waals surface area contributed by atoms with Crippen LogP contribution in [0.4, 0.5) is 0 Å². The standard InChI is InChI=1S/C39H38N2/c1-3-40-27-39(28-41-4-2)34-26-25-33(29-17-9-5-10-18-29)35(30-19-11-6-12-20-30)37(34)36(31-21-13-7-14-22-31)38(39)32-23-15-8-16-24-32/h5-26,40-41H,3-4,27-28H2,1-2H3. The third kappa shape index (κ3) is 4.95. The molecule has 0 spiro atoms. The summed E-state index contributed by atoms with van der Waals surface area (Å²) in [6.07, 6.45) is 0. The summed E-state index contributed by atoms with van der Waals surface area (Å²) in [4.78, 5) is 0. The Morgan fingerprint density at radius 1 is 0.463 bits per heavy atom. The van der Waals surface area contributed by atoms with E-state index in [4.69, 9.17) is 0 Å². The Kier molecular flexibility index (Phi) is 7.95. The lowest BCUT2D eigenvalue weighted by molar-refractivity contribution is 0.471. The lowest BCUT2D eigenvalue weighted by Gasteiger charge is -2.35. The van der Waals surface area contributed by atoms with Crippen LogP contribution in [0.1, 0.15) is 36.1 Å². The van der Waals surface area contributed by atoms with E-state index < -0.39 is 0 Å². The fraction of sp³-hybridized carbons (Fsp3) is 0.179. The monoisotopic (exact) mass is 534 g/mol. The van der Waals surface area contributed by atoms with E-state index >= 15 is 0 Å². The fourth-order valence-corrected chi connectivity index (χ4v) is 6.55. The minimum Gasteiger partial charge on any atom is -0.316 e. The van der Waals surface area contributed by atoms with Gasteiger partial charge in [-0.1, -0.05) is 147 Å². The van der Waals surface area contributed by atoms with Gasteiger partial charge in [0.1, 0.15) is 0 Å². The lowest BCUT2D eigenvalue weighted by Crippen LogP contribution is -2.46. The molecule has 0 saturated carbocycles. The molecule has 0 aromatic heterocycles. The van der Waals surface area contributed by atoms with Gasteiger partial charge in [0.05, 0.1) is 0 Å². The summed E-state index contributed by atoms with van der Waals surface area (Å²) in [5.41, 5.74) is 12.8. The molecule has 41 heavy (non-hydrogen) atoms. The topological polar surface area (TPSA) is 24.1 Å². The zero-order chi connectivity index (χ0) is 28.1. The Balaban J connectivity index is 1.80. The number of benzene rings is 5. The van der Waals surface area contributed by atoms with Crippen LogP contribution in [0.2, 0.25) is 0 Å². The third-order valence-corrected chi connectivity index (χ3v) is 8.33. The predicted octanol–water partition coefficient (Wildman–Crippen LogP) is 8.45. The number of hydrogen-bond donors (Lipinski definition) is 2. The Labute approximate surface area is 244 Å². The van der Waals surface area contributed by atoms with Crippen LogP contribution in [0.15, 0.2) is 133 Å². The molecule has 0 amide bonds. The van der Waals surface area contributed by atoms with E-state index in [1.165, 1.54) is 55.7 Å². The highest BCUT2D eigenvalue weighted by Crippen LogP contribution is 2.57. The van der Waals surface area contributed by atoms with Crippen LogP contribution in [0.25, 0.3) is 33.4 Å². The second-order valence-electron chi connectivity index (χ2n) is 10.8. The summed E-state index contributed by atoms with van der Waals surface area (Å²) in [5.74, 6) is 0. The van der Waals surface area contributed by atoms with Crippen LogP contribution >= 0.6 is 0 Å². The van der Waals surface area contributed by atoms with Gasteiger partial charge in [-0.15, -0.1) is 0 Å². The van der Waals surface area contributed by atoms with E-state index in [2.05, 4.69) is 158 Å². The van der Waals surface area contributed by atoms with Crippen molar-refractivity contribution in [1.29, 1.82) is 0 Å². The van der Waals surface area contributed by atoms with Crippen LogP contribution < -0.4 is 10.6 Å². The molecule has 0 radical (unpaired) electrons. The van der Waals surface area contributed by atoms with E-state index in [1.54, 1.807) is 0 Å². The van der Waals surface area contributed by atoms with Gasteiger partial charge in [-0.3, -0.25) is 0 Å². The van der Waals surface area contributed by atoms with Gasteiger partial charge in [-0.2, -0.15) is 0 Å². The van der Waals surface area contributed by atoms with Gasteiger partial charge in [-0.05, 0) is 68.7 Å². The second kappa shape index (κ2) is 12.1. The molecular weight excluding hydrogens is 496 g/mol. The van der Waals surface area contributed by atoms with Crippen molar-refractivity contribution < 1.29 is 0 Å². The number of nitrogens with one attached hydrogen (secondary N) is 2. The van der Waals surface area contributed by atoms with Crippen LogP contribution in [-0.4, -0.2) is 26.2 Å². The van der Waals surface area contributed by atoms with Crippen molar-refractivity contribution in [3.05, 3.63) is 156 Å². The van der Waals surface area contributed by atoms with Gasteiger partial charge in [0.2, 0.25) is 0 Å². The summed E-state index contributed by atoms with van der Waals surface area (Å²) in [7, 11) is 0. The number of likely N-dealkylation sites (N-methyl/N-ethyl adjacent to an activating group) is 2. The first-order chi connectivity index (χ1) is 20.3. The van der Waals surface area contributed by atoms with Crippen molar-refractivity contribution in [2.45, 2.75) is 19.3 Å². The molecule has 204 valence electrons. The third-order valence-electron chi connectivity index (χ3n) is 8.33. The van der Waals surface area contributed by atoms with E-state index in [1.807, 2.05) is 0 Å². The molecule has 2 nitrogen and oxygen atoms in total. The SMILES string of the molecule is CCNCC1(CNCC)C(c2ccccc2)=C(c2ccccc2)c2c1ccc(-c1ccccc1)c2-c1ccccc1. The van der Waals surface area contributed by atoms with Crippen LogP contribution in [0, 0.1) is 0 Å². The van der Waals surface area contributed by atoms with Gasteiger partial charge in [-0.25, -0.2) is 0 Å². The molecule has 0 atom stereocenters. The quantitative estimate of drug-likeness (QED) is 0.188. The average molecular weight is 535 g/mol. The Hall–Kier alpha value is -4.24. The highest BCUT2D eigenvalue weighted by molar-refractivity contribution is 6.12. The molecule has 0 heterocycles. The van der Waals surface area contributed by atoms with Crippen LogP contribution in [-0.2, 0) is 5.41 Å². The Morgan fingerprint density at radius 3 is 1.44 bits per heavy atom. The zero-order valence-electron chi connectivity index (χ0n) is 24.0. The summed E-state index contributed by atoms with van der Waals surface area (Å²) < 4.78 is 0. The van der Waals surface area contributed by atoms with Crippen molar-refractivity contribution in [2.24, 2.45) is 0 Å². The van der Waals surface area contributed by atoms with Crippen molar-refractivity contribution in [3.8, 4) is 22.3 Å². The fourth-order valence-electron chi connectivity index (χ4n) is 6.55. The molecule has 0 bridgehead atoms. The highest BCUT2D eigenvalue weighted by Gasteiger charge is 2.46. The second-order valence-corrected chi connectivity index (χ2v) is 10.8. The minimum absolute atomic E-state index is 0.257. The molecule has 1 aliphatic rings. The largest absolute Gasteiger partial charge is 0.316 e. The molecule has 1 aliphatic carbocycles. The van der Waals surface area contributed by atoms with Gasteiger partial charge in [0, 0.05) is 18.5 Å². The maximum atomic E-state index is 3.78. The average Bonchev–Trinajstić information content (AvgIpc) is 3.34. The van der Waals surface area contributed by atoms with Crippen molar-refractivity contribution in [3.63, 3.8) is 0 Å². The first-order valence-corrected chi connectivity index (χ1v) is 14.8. The normalized spacial score (nSPS) is 13.8. The zero-order valence-corrected chi connectivity index (χ0v) is 24.0. The number of fused-ring (bicyclic) bond motifs is 1. The molecule has 0 unspecified atom stereocenters. The number of hydrogen-bond acceptors (Lipinski definition) is 2. The van der Waals surface area contributed by atoms with E-state index in [0.717, 1.165) is 26.2 Å². The Morgan fingerprint density at radius 2 is 0.927 bits per heavy atom. The highest BCUT2D eigenvalue weighted by atomic mass is 14.9. The summed E-state index contributed by atoms with van der Waals surface area (Å²) in [5, 5.41) is 7.57. The van der Waals surface area contributed by atoms with E-state index in [9.17, 15) is 0 Å². The first-order valence-electron chi connectivity index (χ1n) is 14.8. The van der Waals surface area contributed by atoms with Crippen LogP contribution in [0.5, 0.6) is 0 Å². The molecule has 0 aliphatic heterocycles. The molecule has 2 heteroatoms. The van der Waals surface area contributed by atoms with Crippen molar-refractivity contribution in [1.82, 2.24) is 10.6 Å². The molecule has 5 aromatic rings. The maximum Gasteiger partial charge on any atom is 0.0470 e. The van der Waals surface area contributed by atoms with Gasteiger partial charge >= 0.3 is 0 Å². The molecule has 2 N–H and O–H groups in total. The van der Waals surface area contributed by atoms with Crippen LogP contribution in [0.3, 0.4) is 0 Å². The summed E-state index contributed by atoms with van der Waals surface area (Å²) >= 11 is 0. The van der Waals surface area contributed by atoms with Crippen molar-refractivity contribution in [2.75, 3.05) is 26.2 Å². The van der Waals surface area contributed by atoms with Gasteiger partial charge in [0.25, 0.3) is 0 Å². The molecule has 6 rings (SSSR count). The smallest absolute Gasteiger partial charge is 0.0470 e. The predicted molar refractivity (Wildman–Crippen MR) is 175 cm³/mol.